The van der Waals surface area contributed by atoms with Gasteiger partial charge in [0.25, 0.3) is 5.91 Å². The maximum absolute atomic E-state index is 13.0. The number of aromatic nitrogens is 2. The van der Waals surface area contributed by atoms with Crippen LogP contribution < -0.4 is 0 Å². The van der Waals surface area contributed by atoms with Crippen LogP contribution in [-0.4, -0.2) is 58.5 Å². The normalized spacial score (nSPS) is 16.4. The zero-order chi connectivity index (χ0) is 16.4. The minimum Gasteiger partial charge on any atom is -0.337 e. The molecule has 0 N–H and O–H groups in total. The third-order valence-corrected chi connectivity index (χ3v) is 4.55. The largest absolute Gasteiger partial charge is 0.337 e. The molecule has 3 rings (SSSR count). The van der Waals surface area contributed by atoms with Gasteiger partial charge in [0, 0.05) is 37.2 Å². The monoisotopic (exact) mass is 312 g/mol. The smallest absolute Gasteiger partial charge is 0.255 e. The van der Waals surface area contributed by atoms with Gasteiger partial charge < -0.3 is 14.4 Å². The summed E-state index contributed by atoms with van der Waals surface area (Å²) in [6.45, 7) is 7.63. The van der Waals surface area contributed by atoms with Gasteiger partial charge in [0.05, 0.1) is 5.56 Å². The quantitative estimate of drug-likeness (QED) is 0.854. The Kier molecular flexibility index (Phi) is 4.48. The van der Waals surface area contributed by atoms with Crippen molar-refractivity contribution in [3.63, 3.8) is 0 Å². The molecule has 0 bridgehead atoms. The maximum atomic E-state index is 13.0. The summed E-state index contributed by atoms with van der Waals surface area (Å²) < 4.78 is 2.05. The van der Waals surface area contributed by atoms with Crippen molar-refractivity contribution in [1.82, 2.24) is 19.4 Å². The van der Waals surface area contributed by atoms with Crippen LogP contribution >= 0.6 is 0 Å². The van der Waals surface area contributed by atoms with Crippen molar-refractivity contribution in [2.45, 2.75) is 20.3 Å². The van der Waals surface area contributed by atoms with Crippen LogP contribution in [0.1, 0.15) is 28.2 Å². The van der Waals surface area contributed by atoms with E-state index in [1.165, 1.54) is 0 Å². The Labute approximate surface area is 137 Å². The summed E-state index contributed by atoms with van der Waals surface area (Å²) in [6.07, 6.45) is 2.81. The summed E-state index contributed by atoms with van der Waals surface area (Å²) in [5.41, 5.74) is 2.79. The lowest BCUT2D eigenvalue weighted by Gasteiger charge is -2.20. The highest BCUT2D eigenvalue weighted by Gasteiger charge is 2.23. The van der Waals surface area contributed by atoms with Gasteiger partial charge in [0.15, 0.2) is 0 Å². The predicted molar refractivity (Wildman–Crippen MR) is 91.1 cm³/mol. The lowest BCUT2D eigenvalue weighted by Crippen LogP contribution is -2.34. The zero-order valence-electron chi connectivity index (χ0n) is 14.1. The van der Waals surface area contributed by atoms with E-state index in [4.69, 9.17) is 0 Å². The molecule has 0 aliphatic carbocycles. The molecule has 1 aliphatic heterocycles. The molecule has 3 heterocycles. The number of amides is 1. The van der Waals surface area contributed by atoms with Gasteiger partial charge in [-0.2, -0.15) is 0 Å². The van der Waals surface area contributed by atoms with Crippen LogP contribution in [0.4, 0.5) is 0 Å². The highest BCUT2D eigenvalue weighted by atomic mass is 16.2. The van der Waals surface area contributed by atoms with Crippen molar-refractivity contribution in [3.05, 3.63) is 47.4 Å². The molecule has 0 aromatic carbocycles. The van der Waals surface area contributed by atoms with Gasteiger partial charge in [-0.25, -0.2) is 4.98 Å². The SMILES string of the molecule is Cc1cc(C(=O)N2CCCN(C)CC2)c(C)n1-c1ccccn1. The Morgan fingerprint density at radius 3 is 2.70 bits per heavy atom. The van der Waals surface area contributed by atoms with Gasteiger partial charge >= 0.3 is 0 Å². The molecule has 5 heteroatoms. The first-order chi connectivity index (χ1) is 11.1. The van der Waals surface area contributed by atoms with E-state index in [0.717, 1.165) is 55.4 Å². The number of likely N-dealkylation sites (N-methyl/N-ethyl adjacent to an activating group) is 1. The number of hydrogen-bond acceptors (Lipinski definition) is 3. The third-order valence-electron chi connectivity index (χ3n) is 4.55. The molecule has 0 radical (unpaired) electrons. The number of hydrogen-bond donors (Lipinski definition) is 0. The highest BCUT2D eigenvalue weighted by molar-refractivity contribution is 5.96. The second-order valence-corrected chi connectivity index (χ2v) is 6.26. The van der Waals surface area contributed by atoms with Crippen molar-refractivity contribution in [2.75, 3.05) is 33.2 Å². The van der Waals surface area contributed by atoms with E-state index in [9.17, 15) is 4.79 Å². The lowest BCUT2D eigenvalue weighted by atomic mass is 10.2. The van der Waals surface area contributed by atoms with Crippen molar-refractivity contribution < 1.29 is 4.79 Å². The first-order valence-electron chi connectivity index (χ1n) is 8.16. The molecule has 0 unspecified atom stereocenters. The standard InChI is InChI=1S/C18H24N4O/c1-14-13-16(15(2)22(14)17-7-4-5-8-19-17)18(23)21-10-6-9-20(3)11-12-21/h4-5,7-8,13H,6,9-12H2,1-3H3. The summed E-state index contributed by atoms with van der Waals surface area (Å²) >= 11 is 0. The van der Waals surface area contributed by atoms with Crippen LogP contribution in [-0.2, 0) is 0 Å². The number of aryl methyl sites for hydroxylation is 1. The van der Waals surface area contributed by atoms with Crippen molar-refractivity contribution in [2.24, 2.45) is 0 Å². The van der Waals surface area contributed by atoms with Gasteiger partial charge in [-0.05, 0) is 52.1 Å². The molecule has 1 saturated heterocycles. The summed E-state index contributed by atoms with van der Waals surface area (Å²) in [4.78, 5) is 21.6. The van der Waals surface area contributed by atoms with E-state index in [1.54, 1.807) is 6.20 Å². The van der Waals surface area contributed by atoms with Gasteiger partial charge in [-0.15, -0.1) is 0 Å². The van der Waals surface area contributed by atoms with Crippen LogP contribution in [0.15, 0.2) is 30.5 Å². The topological polar surface area (TPSA) is 41.4 Å². The Morgan fingerprint density at radius 2 is 1.96 bits per heavy atom. The van der Waals surface area contributed by atoms with Gasteiger partial charge in [0.2, 0.25) is 0 Å². The zero-order valence-corrected chi connectivity index (χ0v) is 14.1. The molecule has 0 spiro atoms. The average Bonchev–Trinajstić information content (AvgIpc) is 2.71. The molecule has 2 aromatic rings. The number of rotatable bonds is 2. The molecular weight excluding hydrogens is 288 g/mol. The molecular formula is C18H24N4O. The molecule has 5 nitrogen and oxygen atoms in total. The molecule has 23 heavy (non-hydrogen) atoms. The number of pyridine rings is 1. The van der Waals surface area contributed by atoms with Crippen molar-refractivity contribution in [3.8, 4) is 5.82 Å². The first kappa shape index (κ1) is 15.7. The fourth-order valence-corrected chi connectivity index (χ4v) is 3.24. The van der Waals surface area contributed by atoms with Crippen LogP contribution in [0.2, 0.25) is 0 Å². The minimum absolute atomic E-state index is 0.135. The fourth-order valence-electron chi connectivity index (χ4n) is 3.24. The number of carbonyl (C=O) groups excluding carboxylic acids is 1. The average molecular weight is 312 g/mol. The van der Waals surface area contributed by atoms with E-state index < -0.39 is 0 Å². The van der Waals surface area contributed by atoms with Gasteiger partial charge in [-0.3, -0.25) is 4.79 Å². The van der Waals surface area contributed by atoms with Crippen LogP contribution in [0, 0.1) is 13.8 Å². The minimum atomic E-state index is 0.135. The summed E-state index contributed by atoms with van der Waals surface area (Å²) in [6, 6.07) is 7.82. The summed E-state index contributed by atoms with van der Waals surface area (Å²) in [5.74, 6) is 0.993. The van der Waals surface area contributed by atoms with Crippen molar-refractivity contribution >= 4 is 5.91 Å². The van der Waals surface area contributed by atoms with Crippen LogP contribution in [0.3, 0.4) is 0 Å². The van der Waals surface area contributed by atoms with E-state index in [-0.39, 0.29) is 5.91 Å². The van der Waals surface area contributed by atoms with Crippen LogP contribution in [0.25, 0.3) is 5.82 Å². The fraction of sp³-hybridized carbons (Fsp3) is 0.444. The Morgan fingerprint density at radius 1 is 1.13 bits per heavy atom. The van der Waals surface area contributed by atoms with E-state index in [2.05, 4.69) is 21.5 Å². The van der Waals surface area contributed by atoms with E-state index in [1.807, 2.05) is 43.0 Å². The Bertz CT molecular complexity index is 693. The Hall–Kier alpha value is -2.14. The highest BCUT2D eigenvalue weighted by Crippen LogP contribution is 2.21. The summed E-state index contributed by atoms with van der Waals surface area (Å²) in [5, 5.41) is 0. The maximum Gasteiger partial charge on any atom is 0.255 e. The van der Waals surface area contributed by atoms with Gasteiger partial charge in [-0.1, -0.05) is 6.07 Å². The lowest BCUT2D eigenvalue weighted by molar-refractivity contribution is 0.0762. The molecule has 1 fully saturated rings. The number of carbonyl (C=O) groups is 1. The molecule has 1 aliphatic rings. The van der Waals surface area contributed by atoms with E-state index in [0.29, 0.717) is 0 Å². The van der Waals surface area contributed by atoms with Crippen molar-refractivity contribution in [1.29, 1.82) is 0 Å². The van der Waals surface area contributed by atoms with Crippen LogP contribution in [0.5, 0.6) is 0 Å². The molecule has 1 amide bonds. The molecule has 2 aromatic heterocycles. The van der Waals surface area contributed by atoms with Gasteiger partial charge in [0.1, 0.15) is 5.82 Å². The van der Waals surface area contributed by atoms with E-state index >= 15 is 0 Å². The molecule has 0 atom stereocenters. The third kappa shape index (κ3) is 3.15. The molecule has 0 saturated carbocycles. The predicted octanol–water partition coefficient (Wildman–Crippen LogP) is 2.27. The molecule has 122 valence electrons. The summed E-state index contributed by atoms with van der Waals surface area (Å²) in [7, 11) is 2.11. The number of nitrogens with zero attached hydrogens (tertiary/aromatic N) is 4. The second-order valence-electron chi connectivity index (χ2n) is 6.26. The Balaban J connectivity index is 1.90. The second kappa shape index (κ2) is 6.54. The first-order valence-corrected chi connectivity index (χ1v) is 8.16.